The number of hydrogen-bond donors (Lipinski definition) is 1. The molecule has 0 aromatic carbocycles. The highest BCUT2D eigenvalue weighted by molar-refractivity contribution is 5.86. The van der Waals surface area contributed by atoms with Crippen LogP contribution in [0.15, 0.2) is 0 Å². The molecule has 0 saturated heterocycles. The molecule has 1 amide bonds. The maximum atomic E-state index is 12.8. The van der Waals surface area contributed by atoms with Crippen molar-refractivity contribution in [3.63, 3.8) is 0 Å². The molecular weight excluding hydrogens is 256 g/mol. The lowest BCUT2D eigenvalue weighted by molar-refractivity contribution is -0.139. The molecule has 1 aliphatic carbocycles. The third-order valence-electron chi connectivity index (χ3n) is 4.09. The molecule has 1 aliphatic rings. The number of carbonyl (C=O) groups is 1. The smallest absolute Gasteiger partial charge is 0.242 e. The van der Waals surface area contributed by atoms with Crippen LogP contribution in [0.2, 0.25) is 0 Å². The second-order valence-corrected chi connectivity index (χ2v) is 5.99. The second-order valence-electron chi connectivity index (χ2n) is 5.99. The average molecular weight is 286 g/mol. The Labute approximate surface area is 122 Å². The van der Waals surface area contributed by atoms with Gasteiger partial charge in [-0.3, -0.25) is 4.79 Å². The molecule has 0 aromatic heterocycles. The molecule has 2 N–H and O–H groups in total. The van der Waals surface area contributed by atoms with Crippen molar-refractivity contribution in [1.29, 1.82) is 0 Å². The SMILES string of the molecule is COCCCN(CCOC)C(=O)C1(N)CCCC(C)C1. The highest BCUT2D eigenvalue weighted by Gasteiger charge is 2.40. The molecule has 1 fully saturated rings. The summed E-state index contributed by atoms with van der Waals surface area (Å²) in [6.07, 6.45) is 4.63. The highest BCUT2D eigenvalue weighted by Crippen LogP contribution is 2.31. The van der Waals surface area contributed by atoms with Crippen LogP contribution in [-0.2, 0) is 14.3 Å². The zero-order valence-electron chi connectivity index (χ0n) is 13.2. The largest absolute Gasteiger partial charge is 0.385 e. The summed E-state index contributed by atoms with van der Waals surface area (Å²) in [5.74, 6) is 0.609. The number of ether oxygens (including phenoxy) is 2. The van der Waals surface area contributed by atoms with Crippen LogP contribution in [-0.4, -0.2) is 56.9 Å². The zero-order chi connectivity index (χ0) is 15.0. The summed E-state index contributed by atoms with van der Waals surface area (Å²) in [7, 11) is 3.33. The first-order valence-corrected chi connectivity index (χ1v) is 7.59. The first-order chi connectivity index (χ1) is 9.53. The Balaban J connectivity index is 2.64. The minimum absolute atomic E-state index is 0.0807. The van der Waals surface area contributed by atoms with Gasteiger partial charge in [0.1, 0.15) is 0 Å². The summed E-state index contributed by atoms with van der Waals surface area (Å²) in [4.78, 5) is 14.6. The van der Waals surface area contributed by atoms with E-state index < -0.39 is 5.54 Å². The molecule has 0 aliphatic heterocycles. The van der Waals surface area contributed by atoms with Crippen molar-refractivity contribution in [3.05, 3.63) is 0 Å². The molecule has 5 heteroatoms. The molecule has 0 heterocycles. The van der Waals surface area contributed by atoms with E-state index in [9.17, 15) is 4.79 Å². The minimum Gasteiger partial charge on any atom is -0.385 e. The monoisotopic (exact) mass is 286 g/mol. The summed E-state index contributed by atoms with van der Waals surface area (Å²) in [6, 6.07) is 0. The van der Waals surface area contributed by atoms with Crippen LogP contribution < -0.4 is 5.73 Å². The van der Waals surface area contributed by atoms with Crippen LogP contribution in [0.5, 0.6) is 0 Å². The van der Waals surface area contributed by atoms with Crippen LogP contribution >= 0.6 is 0 Å². The molecule has 0 radical (unpaired) electrons. The predicted octanol–water partition coefficient (Wildman–Crippen LogP) is 1.41. The fourth-order valence-corrected chi connectivity index (χ4v) is 3.02. The van der Waals surface area contributed by atoms with Crippen molar-refractivity contribution < 1.29 is 14.3 Å². The van der Waals surface area contributed by atoms with Gasteiger partial charge in [0.2, 0.25) is 5.91 Å². The molecule has 0 aromatic rings. The van der Waals surface area contributed by atoms with Crippen molar-refractivity contribution in [3.8, 4) is 0 Å². The lowest BCUT2D eigenvalue weighted by atomic mass is 9.76. The molecule has 2 atom stereocenters. The second kappa shape index (κ2) is 8.60. The Bertz CT molecular complexity index is 299. The number of amides is 1. The van der Waals surface area contributed by atoms with Gasteiger partial charge in [-0.2, -0.15) is 0 Å². The van der Waals surface area contributed by atoms with Crippen molar-refractivity contribution in [2.24, 2.45) is 11.7 Å². The standard InChI is InChI=1S/C15H30N2O3/c1-13-6-4-7-15(16,12-13)14(18)17(9-11-20-3)8-5-10-19-2/h13H,4-12,16H2,1-3H3. The Morgan fingerprint density at radius 1 is 1.30 bits per heavy atom. The molecule has 1 rings (SSSR count). The Morgan fingerprint density at radius 2 is 2.00 bits per heavy atom. The maximum Gasteiger partial charge on any atom is 0.242 e. The van der Waals surface area contributed by atoms with Gasteiger partial charge in [0.25, 0.3) is 0 Å². The zero-order valence-corrected chi connectivity index (χ0v) is 13.2. The van der Waals surface area contributed by atoms with Gasteiger partial charge in [0, 0.05) is 33.9 Å². The fourth-order valence-electron chi connectivity index (χ4n) is 3.02. The van der Waals surface area contributed by atoms with E-state index in [1.54, 1.807) is 14.2 Å². The number of nitrogens with two attached hydrogens (primary N) is 1. The number of carbonyl (C=O) groups excluding carboxylic acids is 1. The maximum absolute atomic E-state index is 12.8. The summed E-state index contributed by atoms with van der Waals surface area (Å²) in [5.41, 5.74) is 5.72. The van der Waals surface area contributed by atoms with Crippen molar-refractivity contribution in [1.82, 2.24) is 4.90 Å². The van der Waals surface area contributed by atoms with Gasteiger partial charge < -0.3 is 20.1 Å². The van der Waals surface area contributed by atoms with E-state index >= 15 is 0 Å². The van der Waals surface area contributed by atoms with Gasteiger partial charge >= 0.3 is 0 Å². The first-order valence-electron chi connectivity index (χ1n) is 7.59. The van der Waals surface area contributed by atoms with E-state index in [2.05, 4.69) is 6.92 Å². The van der Waals surface area contributed by atoms with E-state index in [0.29, 0.717) is 32.2 Å². The molecule has 20 heavy (non-hydrogen) atoms. The summed E-state index contributed by atoms with van der Waals surface area (Å²) < 4.78 is 10.2. The van der Waals surface area contributed by atoms with Crippen molar-refractivity contribution in [2.45, 2.75) is 44.6 Å². The van der Waals surface area contributed by atoms with E-state index in [1.807, 2.05) is 4.90 Å². The minimum atomic E-state index is -0.682. The van der Waals surface area contributed by atoms with E-state index in [4.69, 9.17) is 15.2 Å². The molecular formula is C15H30N2O3. The van der Waals surface area contributed by atoms with Gasteiger partial charge in [-0.15, -0.1) is 0 Å². The molecule has 5 nitrogen and oxygen atoms in total. The lowest BCUT2D eigenvalue weighted by Crippen LogP contribution is -2.58. The fraction of sp³-hybridized carbons (Fsp3) is 0.933. The van der Waals surface area contributed by atoms with E-state index in [-0.39, 0.29) is 5.91 Å². The third-order valence-corrected chi connectivity index (χ3v) is 4.09. The first kappa shape index (κ1) is 17.4. The predicted molar refractivity (Wildman–Crippen MR) is 79.5 cm³/mol. The Kier molecular flexibility index (Phi) is 7.48. The van der Waals surface area contributed by atoms with Crippen molar-refractivity contribution in [2.75, 3.05) is 40.5 Å². The van der Waals surface area contributed by atoms with Crippen LogP contribution in [0.4, 0.5) is 0 Å². The number of rotatable bonds is 8. The molecule has 1 saturated carbocycles. The van der Waals surface area contributed by atoms with E-state index in [0.717, 1.165) is 25.7 Å². The lowest BCUT2D eigenvalue weighted by Gasteiger charge is -2.39. The van der Waals surface area contributed by atoms with Gasteiger partial charge in [0.15, 0.2) is 0 Å². The molecule has 2 unspecified atom stereocenters. The van der Waals surface area contributed by atoms with Gasteiger partial charge in [0.05, 0.1) is 12.1 Å². The summed E-state index contributed by atoms with van der Waals surface area (Å²) >= 11 is 0. The van der Waals surface area contributed by atoms with Gasteiger partial charge in [-0.25, -0.2) is 0 Å². The third kappa shape index (κ3) is 5.04. The molecule has 0 bridgehead atoms. The normalized spacial score (nSPS) is 26.5. The average Bonchev–Trinajstić information content (AvgIpc) is 2.41. The number of methoxy groups -OCH3 is 2. The van der Waals surface area contributed by atoms with Crippen LogP contribution in [0.3, 0.4) is 0 Å². The summed E-state index contributed by atoms with van der Waals surface area (Å²) in [5, 5.41) is 0. The Morgan fingerprint density at radius 3 is 2.60 bits per heavy atom. The van der Waals surface area contributed by atoms with Crippen LogP contribution in [0, 0.1) is 5.92 Å². The highest BCUT2D eigenvalue weighted by atomic mass is 16.5. The molecule has 0 spiro atoms. The van der Waals surface area contributed by atoms with Gasteiger partial charge in [-0.05, 0) is 25.2 Å². The Hall–Kier alpha value is -0.650. The van der Waals surface area contributed by atoms with Crippen molar-refractivity contribution >= 4 is 5.91 Å². The topological polar surface area (TPSA) is 64.8 Å². The van der Waals surface area contributed by atoms with E-state index in [1.165, 1.54) is 6.42 Å². The number of nitrogens with zero attached hydrogens (tertiary/aromatic N) is 1. The number of hydrogen-bond acceptors (Lipinski definition) is 4. The van der Waals surface area contributed by atoms with Crippen LogP contribution in [0.1, 0.15) is 39.0 Å². The summed E-state index contributed by atoms with van der Waals surface area (Å²) in [6.45, 7) is 4.67. The molecule has 118 valence electrons. The van der Waals surface area contributed by atoms with Gasteiger partial charge in [-0.1, -0.05) is 19.8 Å². The van der Waals surface area contributed by atoms with Crippen LogP contribution in [0.25, 0.3) is 0 Å². The quantitative estimate of drug-likeness (QED) is 0.685.